The van der Waals surface area contributed by atoms with Crippen LogP contribution in [0.15, 0.2) is 54.7 Å². The van der Waals surface area contributed by atoms with Gasteiger partial charge in [0.1, 0.15) is 18.1 Å². The Morgan fingerprint density at radius 1 is 1.22 bits per heavy atom. The Morgan fingerprint density at radius 3 is 2.58 bits per heavy atom. The van der Waals surface area contributed by atoms with Crippen LogP contribution in [0.5, 0.6) is 5.88 Å². The summed E-state index contributed by atoms with van der Waals surface area (Å²) in [5, 5.41) is 2.59. The Balaban J connectivity index is 1.74. The Labute approximate surface area is 206 Å². The summed E-state index contributed by atoms with van der Waals surface area (Å²) in [4.78, 5) is 20.3. The molecular formula is C23H22F4N4O4S. The molecule has 0 saturated carbocycles. The van der Waals surface area contributed by atoms with Crippen LogP contribution in [0.1, 0.15) is 35.4 Å². The summed E-state index contributed by atoms with van der Waals surface area (Å²) >= 11 is -2.42. The van der Waals surface area contributed by atoms with Crippen molar-refractivity contribution in [2.45, 2.75) is 32.2 Å². The van der Waals surface area contributed by atoms with Gasteiger partial charge in [0.2, 0.25) is 11.8 Å². The molecule has 2 heterocycles. The van der Waals surface area contributed by atoms with Crippen molar-refractivity contribution in [3.8, 4) is 5.88 Å². The lowest BCUT2D eigenvalue weighted by molar-refractivity contribution is -0.141. The van der Waals surface area contributed by atoms with Crippen LogP contribution in [-0.2, 0) is 35.4 Å². The number of carbonyl (C=O) groups excluding carboxylic acids is 1. The summed E-state index contributed by atoms with van der Waals surface area (Å²) in [5.74, 6) is -2.47. The maximum Gasteiger partial charge on any atom is 0.433 e. The zero-order valence-electron chi connectivity index (χ0n) is 19.1. The number of hydrogen-bond acceptors (Lipinski definition) is 5. The number of ether oxygens (including phenoxy) is 1. The first-order valence-electron chi connectivity index (χ1n) is 10.5. The number of nitrogens with one attached hydrogen (secondary N) is 1. The van der Waals surface area contributed by atoms with Crippen molar-refractivity contribution in [3.63, 3.8) is 0 Å². The van der Waals surface area contributed by atoms with E-state index >= 15 is 0 Å². The fourth-order valence-corrected chi connectivity index (χ4v) is 3.45. The first-order chi connectivity index (χ1) is 17.0. The van der Waals surface area contributed by atoms with E-state index < -0.39 is 40.8 Å². The molecule has 0 radical (unpaired) electrons. The molecule has 2 unspecified atom stereocenters. The standard InChI is InChI=1S/C23H22F4N4O4S/c1-14(15-6-8-19(18(24)11-15)31(2)36(33)34)21(32)29-12-16-7-9-20(23(25,26)27)30-22(16)35-13-17-5-3-4-10-28-17/h3-11,14H,12-13H2,1-2H3,(H,29,32)(H,33,34). The molecule has 0 bridgehead atoms. The quantitative estimate of drug-likeness (QED) is 0.320. The number of benzene rings is 1. The third kappa shape index (κ3) is 6.76. The van der Waals surface area contributed by atoms with Gasteiger partial charge in [-0.15, -0.1) is 0 Å². The van der Waals surface area contributed by atoms with E-state index in [4.69, 9.17) is 9.29 Å². The molecule has 1 aromatic carbocycles. The normalized spacial score (nSPS) is 13.1. The lowest BCUT2D eigenvalue weighted by Gasteiger charge is -2.18. The molecule has 0 saturated heterocycles. The summed E-state index contributed by atoms with van der Waals surface area (Å²) in [6.07, 6.45) is -3.18. The molecule has 1 amide bonds. The molecule has 192 valence electrons. The smallest absolute Gasteiger partial charge is 0.433 e. The van der Waals surface area contributed by atoms with Crippen LogP contribution in [0, 0.1) is 5.82 Å². The Morgan fingerprint density at radius 2 is 1.97 bits per heavy atom. The minimum absolute atomic E-state index is 0.127. The van der Waals surface area contributed by atoms with Crippen molar-refractivity contribution in [1.82, 2.24) is 15.3 Å². The van der Waals surface area contributed by atoms with Gasteiger partial charge >= 0.3 is 6.18 Å². The molecule has 3 rings (SSSR count). The third-order valence-electron chi connectivity index (χ3n) is 5.20. The molecular weight excluding hydrogens is 504 g/mol. The van der Waals surface area contributed by atoms with E-state index in [0.29, 0.717) is 11.3 Å². The van der Waals surface area contributed by atoms with Gasteiger partial charge in [-0.25, -0.2) is 13.6 Å². The summed E-state index contributed by atoms with van der Waals surface area (Å²) in [6, 6.07) is 10.7. The van der Waals surface area contributed by atoms with E-state index in [1.165, 1.54) is 32.3 Å². The third-order valence-corrected chi connectivity index (χ3v) is 5.87. The van der Waals surface area contributed by atoms with E-state index in [-0.39, 0.29) is 30.3 Å². The van der Waals surface area contributed by atoms with Crippen LogP contribution < -0.4 is 14.4 Å². The largest absolute Gasteiger partial charge is 0.471 e. The Hall–Kier alpha value is -3.58. The molecule has 0 aliphatic carbocycles. The summed E-state index contributed by atoms with van der Waals surface area (Å²) in [5.41, 5.74) is -0.304. The monoisotopic (exact) mass is 526 g/mol. The van der Waals surface area contributed by atoms with E-state index in [1.807, 2.05) is 0 Å². The van der Waals surface area contributed by atoms with Crippen molar-refractivity contribution in [3.05, 3.63) is 83.1 Å². The van der Waals surface area contributed by atoms with Crippen molar-refractivity contribution < 1.29 is 35.9 Å². The Kier molecular flexibility index (Phi) is 8.58. The highest BCUT2D eigenvalue weighted by Crippen LogP contribution is 2.31. The van der Waals surface area contributed by atoms with Crippen LogP contribution in [-0.4, -0.2) is 31.7 Å². The summed E-state index contributed by atoms with van der Waals surface area (Å²) < 4.78 is 80.5. The maximum atomic E-state index is 14.4. The maximum absolute atomic E-state index is 14.4. The molecule has 2 atom stereocenters. The van der Waals surface area contributed by atoms with Crippen LogP contribution in [0.25, 0.3) is 0 Å². The van der Waals surface area contributed by atoms with Gasteiger partial charge in [-0.1, -0.05) is 12.1 Å². The minimum atomic E-state index is -4.69. The van der Waals surface area contributed by atoms with Crippen LogP contribution in [0.4, 0.5) is 23.2 Å². The molecule has 13 heteroatoms. The first kappa shape index (κ1) is 27.0. The average molecular weight is 527 g/mol. The molecule has 0 fully saturated rings. The molecule has 2 aromatic heterocycles. The molecule has 8 nitrogen and oxygen atoms in total. The highest BCUT2D eigenvalue weighted by molar-refractivity contribution is 7.80. The molecule has 0 aliphatic rings. The second kappa shape index (κ2) is 11.4. The van der Waals surface area contributed by atoms with Crippen molar-refractivity contribution in [2.24, 2.45) is 0 Å². The number of aromatic nitrogens is 2. The van der Waals surface area contributed by atoms with Crippen LogP contribution in [0.3, 0.4) is 0 Å². The van der Waals surface area contributed by atoms with Crippen molar-refractivity contribution in [1.29, 1.82) is 0 Å². The predicted octanol–water partition coefficient (Wildman–Crippen LogP) is 4.21. The average Bonchev–Trinajstić information content (AvgIpc) is 2.85. The molecule has 0 spiro atoms. The number of pyridine rings is 2. The number of carbonyl (C=O) groups is 1. The molecule has 36 heavy (non-hydrogen) atoms. The lowest BCUT2D eigenvalue weighted by atomic mass is 9.99. The SMILES string of the molecule is CC(C(=O)NCc1ccc(C(F)(F)F)nc1OCc1ccccn1)c1ccc(N(C)S(=O)O)c(F)c1. The minimum Gasteiger partial charge on any atom is -0.471 e. The molecule has 0 aliphatic heterocycles. The second-order valence-electron chi connectivity index (χ2n) is 7.65. The highest BCUT2D eigenvalue weighted by Gasteiger charge is 2.33. The predicted molar refractivity (Wildman–Crippen MR) is 124 cm³/mol. The second-order valence-corrected chi connectivity index (χ2v) is 8.66. The van der Waals surface area contributed by atoms with E-state index in [0.717, 1.165) is 22.5 Å². The zero-order chi connectivity index (χ0) is 26.5. The van der Waals surface area contributed by atoms with Crippen LogP contribution >= 0.6 is 0 Å². The van der Waals surface area contributed by atoms with E-state index in [1.54, 1.807) is 18.2 Å². The highest BCUT2D eigenvalue weighted by atomic mass is 32.2. The van der Waals surface area contributed by atoms with Gasteiger partial charge < -0.3 is 10.1 Å². The Bertz CT molecular complexity index is 1240. The van der Waals surface area contributed by atoms with Crippen molar-refractivity contribution in [2.75, 3.05) is 11.4 Å². The number of amides is 1. The van der Waals surface area contributed by atoms with Crippen molar-refractivity contribution >= 4 is 22.9 Å². The number of alkyl halides is 3. The summed E-state index contributed by atoms with van der Waals surface area (Å²) in [6.45, 7) is 1.19. The fraction of sp³-hybridized carbons (Fsp3) is 0.261. The first-order valence-corrected chi connectivity index (χ1v) is 11.6. The lowest BCUT2D eigenvalue weighted by Crippen LogP contribution is -2.28. The van der Waals surface area contributed by atoms with E-state index in [9.17, 15) is 26.6 Å². The van der Waals surface area contributed by atoms with Gasteiger partial charge in [-0.3, -0.25) is 18.6 Å². The number of rotatable bonds is 9. The topological polar surface area (TPSA) is 105 Å². The number of halogens is 4. The van der Waals surface area contributed by atoms with E-state index in [2.05, 4.69) is 15.3 Å². The fourth-order valence-electron chi connectivity index (χ4n) is 3.13. The number of hydrogen-bond donors (Lipinski definition) is 2. The van der Waals surface area contributed by atoms with Gasteiger partial charge in [0.25, 0.3) is 11.3 Å². The number of nitrogens with zero attached hydrogens (tertiary/aromatic N) is 3. The zero-order valence-corrected chi connectivity index (χ0v) is 19.9. The molecule has 2 N–H and O–H groups in total. The van der Waals surface area contributed by atoms with Gasteiger partial charge in [0.05, 0.1) is 17.3 Å². The van der Waals surface area contributed by atoms with Crippen LogP contribution in [0.2, 0.25) is 0 Å². The molecule has 3 aromatic rings. The van der Waals surface area contributed by atoms with Gasteiger partial charge in [0.15, 0.2) is 0 Å². The van der Waals surface area contributed by atoms with Gasteiger partial charge in [-0.05, 0) is 48.9 Å². The van der Waals surface area contributed by atoms with Gasteiger partial charge in [0, 0.05) is 25.4 Å². The number of anilines is 1. The van der Waals surface area contributed by atoms with Gasteiger partial charge in [-0.2, -0.15) is 13.2 Å². The summed E-state index contributed by atoms with van der Waals surface area (Å²) in [7, 11) is 1.23.